The van der Waals surface area contributed by atoms with Crippen molar-refractivity contribution in [1.29, 1.82) is 0 Å². The predicted molar refractivity (Wildman–Crippen MR) is 81.0 cm³/mol. The number of imide groups is 1. The normalized spacial score (nSPS) is 13.7. The summed E-state index contributed by atoms with van der Waals surface area (Å²) >= 11 is 0. The zero-order valence-electron chi connectivity index (χ0n) is 11.4. The van der Waals surface area contributed by atoms with Crippen LogP contribution in [0.5, 0.6) is 5.75 Å². The number of carbonyl (C=O) groups is 2. The second kappa shape index (κ2) is 4.39. The molecule has 0 saturated carbocycles. The third-order valence-corrected chi connectivity index (χ3v) is 3.71. The minimum absolute atomic E-state index is 0.0704. The maximum Gasteiger partial charge on any atom is 0.266 e. The third kappa shape index (κ3) is 1.69. The average Bonchev–Trinajstić information content (AvgIpc) is 2.79. The molecule has 0 atom stereocenters. The number of aromatic nitrogens is 1. The molecule has 2 amide bonds. The van der Waals surface area contributed by atoms with Gasteiger partial charge in [0.05, 0.1) is 28.5 Å². The summed E-state index contributed by atoms with van der Waals surface area (Å²) in [7, 11) is 0. The molecule has 0 saturated heterocycles. The van der Waals surface area contributed by atoms with Crippen molar-refractivity contribution in [2.24, 2.45) is 0 Å². The first kappa shape index (κ1) is 12.5. The standard InChI is InChI=1S/C17H10N2O3/c20-12-7-10-5-6-11(8-15(10)18-9-12)19-16(21)13-3-1-2-4-14(13)17(19)22/h1-9,20H. The molecule has 106 valence electrons. The first-order valence-electron chi connectivity index (χ1n) is 6.72. The Morgan fingerprint density at radius 1 is 0.909 bits per heavy atom. The van der Waals surface area contributed by atoms with E-state index in [1.807, 2.05) is 0 Å². The van der Waals surface area contributed by atoms with Crippen LogP contribution in [-0.2, 0) is 0 Å². The number of anilines is 1. The summed E-state index contributed by atoms with van der Waals surface area (Å²) in [5.41, 5.74) is 1.89. The fraction of sp³-hybridized carbons (Fsp3) is 0. The van der Waals surface area contributed by atoms with E-state index in [9.17, 15) is 14.7 Å². The molecule has 1 aliphatic rings. The quantitative estimate of drug-likeness (QED) is 0.700. The molecule has 0 fully saturated rings. The van der Waals surface area contributed by atoms with Gasteiger partial charge in [0.1, 0.15) is 5.75 Å². The molecule has 0 radical (unpaired) electrons. The smallest absolute Gasteiger partial charge is 0.266 e. The largest absolute Gasteiger partial charge is 0.506 e. The first-order valence-corrected chi connectivity index (χ1v) is 6.72. The van der Waals surface area contributed by atoms with Gasteiger partial charge in [-0.25, -0.2) is 4.90 Å². The molecule has 3 aromatic rings. The second-order valence-electron chi connectivity index (χ2n) is 5.06. The lowest BCUT2D eigenvalue weighted by atomic mass is 10.1. The Labute approximate surface area is 125 Å². The van der Waals surface area contributed by atoms with Crippen LogP contribution in [-0.4, -0.2) is 21.9 Å². The number of aromatic hydroxyl groups is 1. The van der Waals surface area contributed by atoms with E-state index in [4.69, 9.17) is 0 Å². The maximum atomic E-state index is 12.4. The number of hydrogen-bond donors (Lipinski definition) is 1. The topological polar surface area (TPSA) is 70.5 Å². The monoisotopic (exact) mass is 290 g/mol. The second-order valence-corrected chi connectivity index (χ2v) is 5.06. The van der Waals surface area contributed by atoms with Crippen LogP contribution in [0.2, 0.25) is 0 Å². The van der Waals surface area contributed by atoms with E-state index in [0.717, 1.165) is 10.3 Å². The summed E-state index contributed by atoms with van der Waals surface area (Å²) in [6.07, 6.45) is 1.33. The van der Waals surface area contributed by atoms with Gasteiger partial charge in [-0.1, -0.05) is 18.2 Å². The van der Waals surface area contributed by atoms with Crippen molar-refractivity contribution in [1.82, 2.24) is 4.98 Å². The molecule has 5 nitrogen and oxygen atoms in total. The molecule has 0 spiro atoms. The van der Waals surface area contributed by atoms with E-state index in [-0.39, 0.29) is 17.6 Å². The molecule has 0 bridgehead atoms. The van der Waals surface area contributed by atoms with Crippen molar-refractivity contribution in [3.8, 4) is 5.75 Å². The number of nitrogens with zero attached hydrogens (tertiary/aromatic N) is 2. The number of hydrogen-bond acceptors (Lipinski definition) is 4. The van der Waals surface area contributed by atoms with Gasteiger partial charge >= 0.3 is 0 Å². The lowest BCUT2D eigenvalue weighted by Gasteiger charge is -2.14. The lowest BCUT2D eigenvalue weighted by molar-refractivity contribution is 0.0926. The van der Waals surface area contributed by atoms with Crippen molar-refractivity contribution < 1.29 is 14.7 Å². The highest BCUT2D eigenvalue weighted by atomic mass is 16.3. The number of fused-ring (bicyclic) bond motifs is 2. The van der Waals surface area contributed by atoms with Crippen LogP contribution in [0.1, 0.15) is 20.7 Å². The summed E-state index contributed by atoms with van der Waals surface area (Å²) in [5.74, 6) is -0.599. The summed E-state index contributed by atoms with van der Waals surface area (Å²) in [5, 5.41) is 10.2. The van der Waals surface area contributed by atoms with Crippen molar-refractivity contribution in [2.75, 3.05) is 4.90 Å². The highest BCUT2D eigenvalue weighted by Gasteiger charge is 2.36. The number of rotatable bonds is 1. The number of carbonyl (C=O) groups excluding carboxylic acids is 2. The van der Waals surface area contributed by atoms with Crippen LogP contribution in [0, 0.1) is 0 Å². The Morgan fingerprint density at radius 2 is 1.59 bits per heavy atom. The maximum absolute atomic E-state index is 12.4. The van der Waals surface area contributed by atoms with Crippen LogP contribution < -0.4 is 4.90 Å². The molecule has 0 aliphatic carbocycles. The molecular weight excluding hydrogens is 280 g/mol. The van der Waals surface area contributed by atoms with Gasteiger partial charge in [-0.2, -0.15) is 0 Å². The predicted octanol–water partition coefficient (Wildman–Crippen LogP) is 2.74. The van der Waals surface area contributed by atoms with Gasteiger partial charge in [-0.3, -0.25) is 14.6 Å². The first-order chi connectivity index (χ1) is 10.6. The van der Waals surface area contributed by atoms with Gasteiger partial charge in [-0.05, 0) is 30.3 Å². The third-order valence-electron chi connectivity index (χ3n) is 3.71. The van der Waals surface area contributed by atoms with Crippen molar-refractivity contribution in [3.05, 3.63) is 65.9 Å². The van der Waals surface area contributed by atoms with E-state index in [1.165, 1.54) is 6.20 Å². The molecular formula is C17H10N2O3. The van der Waals surface area contributed by atoms with Gasteiger partial charge in [0.15, 0.2) is 0 Å². The van der Waals surface area contributed by atoms with Gasteiger partial charge < -0.3 is 5.11 Å². The molecule has 1 aliphatic heterocycles. The molecule has 1 aromatic heterocycles. The Kier molecular flexibility index (Phi) is 2.50. The zero-order valence-corrected chi connectivity index (χ0v) is 11.4. The van der Waals surface area contributed by atoms with E-state index >= 15 is 0 Å². The highest BCUT2D eigenvalue weighted by Crippen LogP contribution is 2.30. The van der Waals surface area contributed by atoms with Gasteiger partial charge in [0.2, 0.25) is 0 Å². The molecule has 4 rings (SSSR count). The molecule has 2 aromatic carbocycles. The Hall–Kier alpha value is -3.21. The van der Waals surface area contributed by atoms with E-state index in [0.29, 0.717) is 22.3 Å². The highest BCUT2D eigenvalue weighted by molar-refractivity contribution is 6.34. The van der Waals surface area contributed by atoms with Gasteiger partial charge in [-0.15, -0.1) is 0 Å². The van der Waals surface area contributed by atoms with Crippen LogP contribution in [0.4, 0.5) is 5.69 Å². The van der Waals surface area contributed by atoms with Crippen molar-refractivity contribution in [2.45, 2.75) is 0 Å². The average molecular weight is 290 g/mol. The van der Waals surface area contributed by atoms with Crippen LogP contribution >= 0.6 is 0 Å². The van der Waals surface area contributed by atoms with E-state index in [2.05, 4.69) is 4.98 Å². The molecule has 1 N–H and O–H groups in total. The van der Waals surface area contributed by atoms with Crippen LogP contribution in [0.25, 0.3) is 10.9 Å². The SMILES string of the molecule is O=C1c2ccccc2C(=O)N1c1ccc2cc(O)cnc2c1. The number of amides is 2. The summed E-state index contributed by atoms with van der Waals surface area (Å²) in [4.78, 5) is 30.1. The fourth-order valence-electron chi connectivity index (χ4n) is 2.66. The summed E-state index contributed by atoms with van der Waals surface area (Å²) < 4.78 is 0. The number of pyridine rings is 1. The fourth-order valence-corrected chi connectivity index (χ4v) is 2.66. The molecule has 22 heavy (non-hydrogen) atoms. The zero-order chi connectivity index (χ0) is 15.3. The van der Waals surface area contributed by atoms with E-state index in [1.54, 1.807) is 48.5 Å². The van der Waals surface area contributed by atoms with Crippen LogP contribution in [0.3, 0.4) is 0 Å². The Bertz CT molecular complexity index is 915. The lowest BCUT2D eigenvalue weighted by Crippen LogP contribution is -2.29. The minimum Gasteiger partial charge on any atom is -0.506 e. The molecule has 2 heterocycles. The molecule has 0 unspecified atom stereocenters. The van der Waals surface area contributed by atoms with Gasteiger partial charge in [0.25, 0.3) is 11.8 Å². The van der Waals surface area contributed by atoms with Crippen molar-refractivity contribution >= 4 is 28.4 Å². The van der Waals surface area contributed by atoms with Crippen LogP contribution in [0.15, 0.2) is 54.7 Å². The van der Waals surface area contributed by atoms with E-state index < -0.39 is 0 Å². The Morgan fingerprint density at radius 3 is 2.27 bits per heavy atom. The van der Waals surface area contributed by atoms with Crippen molar-refractivity contribution in [3.63, 3.8) is 0 Å². The Balaban J connectivity index is 1.85. The molecule has 5 heteroatoms. The summed E-state index contributed by atoms with van der Waals surface area (Å²) in [6.45, 7) is 0. The van der Waals surface area contributed by atoms with Gasteiger partial charge in [0, 0.05) is 5.39 Å². The number of benzene rings is 2. The summed E-state index contributed by atoms with van der Waals surface area (Å²) in [6, 6.07) is 13.4. The minimum atomic E-state index is -0.335.